The molecule has 5 aromatic rings. The van der Waals surface area contributed by atoms with Crippen LogP contribution in [0.15, 0.2) is 0 Å². The Labute approximate surface area is 296 Å². The highest BCUT2D eigenvalue weighted by Crippen LogP contribution is 2.65. The molecular formula is C33H35O10S5+. The average Bonchev–Trinajstić information content (AvgIpc) is 3.86. The molecule has 1 unspecified atom stereocenters. The van der Waals surface area contributed by atoms with E-state index < -0.39 is 10.8 Å². The zero-order chi connectivity index (χ0) is 34.4. The minimum Gasteiger partial charge on any atom is -0.577 e. The van der Waals surface area contributed by atoms with Crippen molar-refractivity contribution in [3.8, 4) is 77.0 Å². The lowest BCUT2D eigenvalue weighted by Crippen LogP contribution is -2.22. The van der Waals surface area contributed by atoms with Crippen LogP contribution in [0.4, 0.5) is 0 Å². The standard InChI is InChI=1S/C33H34O10S5/c1-7-33(6,29-19(39)15(35)13(3)45-29)31-23-21(41-9-11-43-23)27(48-31)25-17(37)16(36)24(46-25)26-20-22(42-10-8-40-20)30(47-26)32(4,5)28-18(38)14(34)12(2)44-28/h34-39H,7-11H2,1-6H3/p+1. The van der Waals surface area contributed by atoms with Gasteiger partial charge in [0, 0.05) is 20.6 Å². The van der Waals surface area contributed by atoms with Gasteiger partial charge in [0.15, 0.2) is 52.6 Å². The van der Waals surface area contributed by atoms with Crippen LogP contribution in [-0.2, 0) is 10.8 Å². The van der Waals surface area contributed by atoms with E-state index in [1.807, 2.05) is 27.7 Å². The molecule has 48 heavy (non-hydrogen) atoms. The van der Waals surface area contributed by atoms with Gasteiger partial charge in [0.2, 0.25) is 12.4 Å². The van der Waals surface area contributed by atoms with Crippen LogP contribution in [0, 0.1) is 13.8 Å². The summed E-state index contributed by atoms with van der Waals surface area (Å²) >= 11 is 6.55. The zero-order valence-electron chi connectivity index (χ0n) is 26.9. The molecule has 0 aromatic carbocycles. The molecule has 0 bridgehead atoms. The lowest BCUT2D eigenvalue weighted by Gasteiger charge is -2.26. The van der Waals surface area contributed by atoms with Crippen LogP contribution in [0.25, 0.3) is 19.5 Å². The van der Waals surface area contributed by atoms with Crippen LogP contribution in [0.5, 0.6) is 57.5 Å². The fourth-order valence-electron chi connectivity index (χ4n) is 6.12. The SMILES string of the molecule is CCC(C)(c1sc(C)c(O)c1O)c1sc(-c2sc(-c3sc(C(C)(C)c4sc(C)c(O)c4O)c4c3OCCO4)c(O)c2O)c2c1[OH+]CCO2. The molecule has 15 heteroatoms. The fourth-order valence-corrected chi connectivity index (χ4v) is 12.5. The van der Waals surface area contributed by atoms with E-state index in [0.29, 0.717) is 94.9 Å². The van der Waals surface area contributed by atoms with Crippen molar-refractivity contribution < 1.29 is 49.6 Å². The summed E-state index contributed by atoms with van der Waals surface area (Å²) in [4.78, 5) is 5.91. The van der Waals surface area contributed by atoms with Gasteiger partial charge in [-0.3, -0.25) is 0 Å². The molecule has 2 aliphatic heterocycles. The molecule has 0 amide bonds. The summed E-state index contributed by atoms with van der Waals surface area (Å²) in [6, 6.07) is 0. The van der Waals surface area contributed by atoms with Gasteiger partial charge in [0.1, 0.15) is 23.0 Å². The maximum Gasteiger partial charge on any atom is 0.313 e. The Morgan fingerprint density at radius 2 is 1.08 bits per heavy atom. The Balaban J connectivity index is 1.39. The normalized spacial score (nSPS) is 15.5. The van der Waals surface area contributed by atoms with Crippen molar-refractivity contribution >= 4 is 56.7 Å². The van der Waals surface area contributed by atoms with Crippen LogP contribution in [-0.4, -0.2) is 61.8 Å². The van der Waals surface area contributed by atoms with Gasteiger partial charge in [-0.05, 0) is 41.0 Å². The Morgan fingerprint density at radius 1 is 0.562 bits per heavy atom. The van der Waals surface area contributed by atoms with Gasteiger partial charge in [-0.1, -0.05) is 6.92 Å². The van der Waals surface area contributed by atoms with Crippen molar-refractivity contribution in [3.05, 3.63) is 29.3 Å². The molecule has 0 aliphatic carbocycles. The first kappa shape index (κ1) is 33.0. The molecule has 0 saturated heterocycles. The molecule has 0 fully saturated rings. The van der Waals surface area contributed by atoms with E-state index in [9.17, 15) is 30.6 Å². The van der Waals surface area contributed by atoms with Crippen molar-refractivity contribution in [1.82, 2.24) is 0 Å². The molecule has 7 heterocycles. The first-order valence-corrected chi connectivity index (χ1v) is 19.3. The average molecular weight is 752 g/mol. The van der Waals surface area contributed by atoms with Crippen molar-refractivity contribution in [2.45, 2.75) is 58.8 Å². The quantitative estimate of drug-likeness (QED) is 0.0895. The van der Waals surface area contributed by atoms with Crippen LogP contribution >= 0.6 is 56.7 Å². The summed E-state index contributed by atoms with van der Waals surface area (Å²) in [5, 5.41) is 65.6. The highest BCUT2D eigenvalue weighted by atomic mass is 32.1. The molecule has 10 nitrogen and oxygen atoms in total. The van der Waals surface area contributed by atoms with Crippen LogP contribution < -0.4 is 14.2 Å². The molecule has 0 spiro atoms. The summed E-state index contributed by atoms with van der Waals surface area (Å²) in [5.74, 6) is 0.853. The molecule has 0 radical (unpaired) electrons. The fraction of sp³-hybridized carbons (Fsp3) is 0.394. The van der Waals surface area contributed by atoms with Crippen molar-refractivity contribution in [3.63, 3.8) is 0 Å². The van der Waals surface area contributed by atoms with E-state index in [4.69, 9.17) is 18.9 Å². The van der Waals surface area contributed by atoms with E-state index in [2.05, 4.69) is 0 Å². The summed E-state index contributed by atoms with van der Waals surface area (Å²) in [6.45, 7) is 12.8. The third-order valence-electron chi connectivity index (χ3n) is 9.02. The highest BCUT2D eigenvalue weighted by molar-refractivity contribution is 7.28. The van der Waals surface area contributed by atoms with Gasteiger partial charge in [0.25, 0.3) is 0 Å². The molecule has 5 aromatic heterocycles. The first-order chi connectivity index (χ1) is 22.7. The number of aryl methyl sites for hydroxylation is 2. The summed E-state index contributed by atoms with van der Waals surface area (Å²) in [5.41, 5.74) is -1.53. The predicted molar refractivity (Wildman–Crippen MR) is 191 cm³/mol. The Hall–Kier alpha value is -3.50. The maximum absolute atomic E-state index is 11.5. The molecule has 0 saturated carbocycles. The van der Waals surface area contributed by atoms with Gasteiger partial charge in [-0.25, -0.2) is 0 Å². The number of hydrogen-bond acceptors (Lipinski definition) is 14. The largest absolute Gasteiger partial charge is 0.577 e. The third-order valence-corrected chi connectivity index (χ3v) is 16.2. The number of aromatic hydroxyl groups is 7. The molecule has 1 atom stereocenters. The topological polar surface area (TPSA) is 162 Å². The lowest BCUT2D eigenvalue weighted by molar-refractivity contribution is 0.00928. The zero-order valence-corrected chi connectivity index (χ0v) is 31.0. The first-order valence-electron chi connectivity index (χ1n) is 15.2. The van der Waals surface area contributed by atoms with Gasteiger partial charge in [0.05, 0.1) is 29.3 Å². The molecule has 7 N–H and O–H groups in total. The van der Waals surface area contributed by atoms with Gasteiger partial charge in [-0.2, -0.15) is 0 Å². The Bertz CT molecular complexity index is 2080. The summed E-state index contributed by atoms with van der Waals surface area (Å²) < 4.78 is 23.3. The van der Waals surface area contributed by atoms with Gasteiger partial charge in [-0.15, -0.1) is 56.7 Å². The van der Waals surface area contributed by atoms with E-state index in [-0.39, 0.29) is 34.5 Å². The summed E-state index contributed by atoms with van der Waals surface area (Å²) in [7, 11) is 0. The second-order valence-electron chi connectivity index (χ2n) is 12.4. The van der Waals surface area contributed by atoms with E-state index >= 15 is 0 Å². The van der Waals surface area contributed by atoms with E-state index in [1.165, 1.54) is 56.7 Å². The number of aliphatic hydroxyl groups is 1. The predicted octanol–water partition coefficient (Wildman–Crippen LogP) is 8.63. The van der Waals surface area contributed by atoms with Crippen LogP contribution in [0.3, 0.4) is 0 Å². The smallest absolute Gasteiger partial charge is 0.313 e. The second-order valence-corrected chi connectivity index (χ2v) is 17.9. The number of thiophene rings is 5. The molecular weight excluding hydrogens is 717 g/mol. The molecule has 2 aliphatic rings. The van der Waals surface area contributed by atoms with E-state index in [1.54, 1.807) is 13.8 Å². The number of ether oxygens (including phenoxy) is 4. The van der Waals surface area contributed by atoms with Crippen LogP contribution in [0.1, 0.15) is 63.4 Å². The molecule has 256 valence electrons. The monoisotopic (exact) mass is 751 g/mol. The second kappa shape index (κ2) is 11.5. The minimum atomic E-state index is -0.798. The van der Waals surface area contributed by atoms with Crippen molar-refractivity contribution in [1.29, 1.82) is 0 Å². The minimum absolute atomic E-state index is 0.131. The van der Waals surface area contributed by atoms with E-state index in [0.717, 1.165) is 9.75 Å². The number of rotatable bonds is 7. The third kappa shape index (κ3) is 4.65. The highest BCUT2D eigenvalue weighted by Gasteiger charge is 2.45. The Kier molecular flexibility index (Phi) is 7.94. The molecule has 7 rings (SSSR count). The van der Waals surface area contributed by atoms with Crippen molar-refractivity contribution in [2.75, 3.05) is 26.4 Å². The number of hydrogen-bond donors (Lipinski definition) is 6. The van der Waals surface area contributed by atoms with Crippen LogP contribution in [0.2, 0.25) is 0 Å². The summed E-state index contributed by atoms with van der Waals surface area (Å²) in [6.07, 6.45) is 0.586. The van der Waals surface area contributed by atoms with Crippen molar-refractivity contribution in [2.24, 2.45) is 0 Å². The number of fused-ring (bicyclic) bond motifs is 2. The lowest BCUT2D eigenvalue weighted by atomic mass is 9.83. The van der Waals surface area contributed by atoms with Gasteiger partial charge >= 0.3 is 5.75 Å². The Morgan fingerprint density at radius 3 is 1.65 bits per heavy atom. The van der Waals surface area contributed by atoms with Gasteiger partial charge < -0.3 is 49.6 Å². The maximum atomic E-state index is 11.5.